The second kappa shape index (κ2) is 9.32. The minimum atomic E-state index is -1.11. The van der Waals surface area contributed by atoms with E-state index in [-0.39, 0.29) is 0 Å². The van der Waals surface area contributed by atoms with Gasteiger partial charge in [0.15, 0.2) is 5.82 Å². The summed E-state index contributed by atoms with van der Waals surface area (Å²) in [5, 5.41) is 4.60. The normalized spacial score (nSPS) is 11.6. The molecule has 154 valence electrons. The molecule has 0 atom stereocenters. The number of nitrogens with zero attached hydrogens (tertiary/aromatic N) is 4. The van der Waals surface area contributed by atoms with Crippen LogP contribution in [0, 0.1) is 6.92 Å². The molecule has 3 rings (SSSR count). The van der Waals surface area contributed by atoms with Gasteiger partial charge < -0.3 is 9.47 Å². The molecule has 3 aromatic rings. The van der Waals surface area contributed by atoms with Gasteiger partial charge in [0, 0.05) is 37.7 Å². The first-order valence-electron chi connectivity index (χ1n) is 10.0. The van der Waals surface area contributed by atoms with Crippen LogP contribution in [0.2, 0.25) is 25.7 Å². The molecular formula is C22H30N4O2Si. The lowest BCUT2D eigenvalue weighted by molar-refractivity contribution is 0.0700. The van der Waals surface area contributed by atoms with Gasteiger partial charge in [-0.25, -0.2) is 0 Å². The molecule has 0 N–H and O–H groups in total. The molecule has 0 unspecified atom stereocenters. The van der Waals surface area contributed by atoms with Gasteiger partial charge in [-0.05, 0) is 31.5 Å². The molecule has 0 spiro atoms. The van der Waals surface area contributed by atoms with Crippen molar-refractivity contribution in [2.75, 3.05) is 13.2 Å². The topological polar surface area (TPSA) is 62.1 Å². The first kappa shape index (κ1) is 21.2. The van der Waals surface area contributed by atoms with Crippen LogP contribution in [-0.4, -0.2) is 41.0 Å². The van der Waals surface area contributed by atoms with Crippen molar-refractivity contribution in [3.63, 3.8) is 0 Å². The van der Waals surface area contributed by atoms with Gasteiger partial charge in [0.2, 0.25) is 0 Å². The zero-order valence-electron chi connectivity index (χ0n) is 18.0. The standard InChI is InChI=1S/C22H30N4O2Si/c1-6-28-22-24-21(25-26(22)16-27-13-14-29(3,4)5)19-11-9-18(10-12-19)20-8-7-17(2)23-15-20/h7-12,15H,6,13-14,16H2,1-5H3. The molecule has 0 aliphatic rings. The van der Waals surface area contributed by atoms with Crippen molar-refractivity contribution in [2.45, 2.75) is 46.3 Å². The maximum Gasteiger partial charge on any atom is 0.317 e. The van der Waals surface area contributed by atoms with Crippen LogP contribution in [0.1, 0.15) is 12.6 Å². The quantitative estimate of drug-likeness (QED) is 0.366. The highest BCUT2D eigenvalue weighted by molar-refractivity contribution is 6.76. The summed E-state index contributed by atoms with van der Waals surface area (Å²) in [6.07, 6.45) is 1.89. The molecule has 0 radical (unpaired) electrons. The van der Waals surface area contributed by atoms with E-state index in [4.69, 9.17) is 9.47 Å². The Kier molecular flexibility index (Phi) is 6.82. The predicted molar refractivity (Wildman–Crippen MR) is 119 cm³/mol. The first-order chi connectivity index (χ1) is 13.9. The van der Waals surface area contributed by atoms with E-state index in [0.717, 1.165) is 35.0 Å². The lowest BCUT2D eigenvalue weighted by atomic mass is 10.1. The molecule has 0 amide bonds. The van der Waals surface area contributed by atoms with Gasteiger partial charge >= 0.3 is 6.01 Å². The summed E-state index contributed by atoms with van der Waals surface area (Å²) in [7, 11) is -1.11. The Bertz CT molecular complexity index is 915. The van der Waals surface area contributed by atoms with Crippen molar-refractivity contribution >= 4 is 8.07 Å². The van der Waals surface area contributed by atoms with E-state index in [1.165, 1.54) is 0 Å². The maximum atomic E-state index is 5.83. The largest absolute Gasteiger partial charge is 0.464 e. The average molecular weight is 411 g/mol. The van der Waals surface area contributed by atoms with Crippen molar-refractivity contribution < 1.29 is 9.47 Å². The van der Waals surface area contributed by atoms with Gasteiger partial charge in [-0.15, -0.1) is 5.10 Å². The van der Waals surface area contributed by atoms with Crippen molar-refractivity contribution in [1.29, 1.82) is 0 Å². The fourth-order valence-corrected chi connectivity index (χ4v) is 3.51. The number of pyridine rings is 1. The maximum absolute atomic E-state index is 5.83. The van der Waals surface area contributed by atoms with E-state index in [9.17, 15) is 0 Å². The number of hydrogen-bond acceptors (Lipinski definition) is 5. The summed E-state index contributed by atoms with van der Waals surface area (Å²) in [5.74, 6) is 0.635. The third kappa shape index (κ3) is 5.98. The second-order valence-electron chi connectivity index (χ2n) is 8.26. The van der Waals surface area contributed by atoms with E-state index in [2.05, 4.69) is 52.9 Å². The molecule has 0 fully saturated rings. The highest BCUT2D eigenvalue weighted by Crippen LogP contribution is 2.24. The van der Waals surface area contributed by atoms with Gasteiger partial charge in [0.1, 0.15) is 6.73 Å². The Balaban J connectivity index is 1.73. The third-order valence-electron chi connectivity index (χ3n) is 4.51. The Hall–Kier alpha value is -2.51. The molecule has 0 aliphatic carbocycles. The van der Waals surface area contributed by atoms with Gasteiger partial charge in [0.05, 0.1) is 6.61 Å². The van der Waals surface area contributed by atoms with Crippen LogP contribution in [0.25, 0.3) is 22.5 Å². The van der Waals surface area contributed by atoms with Crippen LogP contribution in [0.4, 0.5) is 0 Å². The van der Waals surface area contributed by atoms with Crippen LogP contribution in [0.15, 0.2) is 42.6 Å². The van der Waals surface area contributed by atoms with Crippen LogP contribution in [0.3, 0.4) is 0 Å². The minimum Gasteiger partial charge on any atom is -0.464 e. The lowest BCUT2D eigenvalue weighted by Gasteiger charge is -2.15. The Labute approximate surface area is 173 Å². The van der Waals surface area contributed by atoms with Crippen molar-refractivity contribution in [3.8, 4) is 28.5 Å². The fraction of sp³-hybridized carbons (Fsp3) is 0.409. The number of aromatic nitrogens is 4. The zero-order chi connectivity index (χ0) is 20.9. The second-order valence-corrected chi connectivity index (χ2v) is 13.9. The first-order valence-corrected chi connectivity index (χ1v) is 13.8. The molecule has 0 aliphatic heterocycles. The molecule has 0 saturated carbocycles. The molecule has 6 nitrogen and oxygen atoms in total. The molecular weight excluding hydrogens is 380 g/mol. The Morgan fingerprint density at radius 2 is 1.66 bits per heavy atom. The summed E-state index contributed by atoms with van der Waals surface area (Å²) in [5.41, 5.74) is 4.15. The Morgan fingerprint density at radius 1 is 0.966 bits per heavy atom. The number of hydrogen-bond donors (Lipinski definition) is 0. The van der Waals surface area contributed by atoms with E-state index >= 15 is 0 Å². The highest BCUT2D eigenvalue weighted by atomic mass is 28.3. The van der Waals surface area contributed by atoms with Gasteiger partial charge in [-0.1, -0.05) is 50.0 Å². The molecule has 0 saturated heterocycles. The van der Waals surface area contributed by atoms with Gasteiger partial charge in [-0.3, -0.25) is 4.98 Å². The minimum absolute atomic E-state index is 0.347. The predicted octanol–water partition coefficient (Wildman–Crippen LogP) is 5.03. The Morgan fingerprint density at radius 3 is 2.28 bits per heavy atom. The summed E-state index contributed by atoms with van der Waals surface area (Å²) >= 11 is 0. The number of benzene rings is 1. The molecule has 2 aromatic heterocycles. The third-order valence-corrected chi connectivity index (χ3v) is 6.21. The average Bonchev–Trinajstić information content (AvgIpc) is 3.08. The van der Waals surface area contributed by atoms with E-state index < -0.39 is 8.07 Å². The van der Waals surface area contributed by atoms with Gasteiger partial charge in [-0.2, -0.15) is 9.67 Å². The summed E-state index contributed by atoms with van der Waals surface area (Å²) in [6, 6.07) is 13.9. The van der Waals surface area contributed by atoms with Crippen LogP contribution >= 0.6 is 0 Å². The van der Waals surface area contributed by atoms with Crippen LogP contribution in [0.5, 0.6) is 6.01 Å². The summed E-state index contributed by atoms with van der Waals surface area (Å²) < 4.78 is 13.2. The smallest absolute Gasteiger partial charge is 0.317 e. The number of ether oxygens (including phenoxy) is 2. The van der Waals surface area contributed by atoms with E-state index in [1.54, 1.807) is 4.68 Å². The van der Waals surface area contributed by atoms with Crippen molar-refractivity contribution in [1.82, 2.24) is 19.7 Å². The highest BCUT2D eigenvalue weighted by Gasteiger charge is 2.15. The lowest BCUT2D eigenvalue weighted by Crippen LogP contribution is -2.22. The zero-order valence-corrected chi connectivity index (χ0v) is 19.0. The molecule has 1 aromatic carbocycles. The molecule has 2 heterocycles. The molecule has 7 heteroatoms. The van der Waals surface area contributed by atoms with E-state index in [1.807, 2.05) is 38.2 Å². The van der Waals surface area contributed by atoms with Crippen molar-refractivity contribution in [2.24, 2.45) is 0 Å². The number of aryl methyl sites for hydroxylation is 1. The van der Waals surface area contributed by atoms with Crippen molar-refractivity contribution in [3.05, 3.63) is 48.3 Å². The monoisotopic (exact) mass is 410 g/mol. The van der Waals surface area contributed by atoms with Crippen LogP contribution in [-0.2, 0) is 11.5 Å². The summed E-state index contributed by atoms with van der Waals surface area (Å²) in [4.78, 5) is 8.92. The number of rotatable bonds is 9. The SMILES string of the molecule is CCOc1nc(-c2ccc(-c3ccc(C)nc3)cc2)nn1COCC[Si](C)(C)C. The molecule has 29 heavy (non-hydrogen) atoms. The fourth-order valence-electron chi connectivity index (χ4n) is 2.75. The molecule has 0 bridgehead atoms. The van der Waals surface area contributed by atoms with E-state index in [0.29, 0.717) is 25.2 Å². The van der Waals surface area contributed by atoms with Gasteiger partial charge in [0.25, 0.3) is 0 Å². The van der Waals surface area contributed by atoms with Crippen LogP contribution < -0.4 is 4.74 Å². The summed E-state index contributed by atoms with van der Waals surface area (Å²) in [6.45, 7) is 12.6.